The van der Waals surface area contributed by atoms with Crippen LogP contribution in [0.25, 0.3) is 0 Å². The standard InChI is InChI=1S/C14H23N3O2/c1-3-13-12(5-4-10-19-13)14(18)15-8-6-11-7-9-16-17(11)2/h7,9,12-13H,3-6,8,10H2,1-2H3,(H,15,18). The quantitative estimate of drug-likeness (QED) is 0.872. The summed E-state index contributed by atoms with van der Waals surface area (Å²) >= 11 is 0. The van der Waals surface area contributed by atoms with Gasteiger partial charge in [0.2, 0.25) is 5.91 Å². The Morgan fingerprint density at radius 3 is 3.16 bits per heavy atom. The predicted molar refractivity (Wildman–Crippen MR) is 72.7 cm³/mol. The van der Waals surface area contributed by atoms with Crippen LogP contribution >= 0.6 is 0 Å². The molecule has 0 radical (unpaired) electrons. The Morgan fingerprint density at radius 1 is 1.63 bits per heavy atom. The number of hydrogen-bond acceptors (Lipinski definition) is 3. The molecule has 2 heterocycles. The highest BCUT2D eigenvalue weighted by Crippen LogP contribution is 2.23. The molecule has 106 valence electrons. The fourth-order valence-corrected chi connectivity index (χ4v) is 2.63. The van der Waals surface area contributed by atoms with Gasteiger partial charge in [-0.25, -0.2) is 0 Å². The summed E-state index contributed by atoms with van der Waals surface area (Å²) in [4.78, 5) is 12.2. The zero-order chi connectivity index (χ0) is 13.7. The Hall–Kier alpha value is -1.36. The van der Waals surface area contributed by atoms with Crippen LogP contribution in [0.4, 0.5) is 0 Å². The lowest BCUT2D eigenvalue weighted by molar-refractivity contribution is -0.134. The summed E-state index contributed by atoms with van der Waals surface area (Å²) in [6, 6.07) is 1.98. The van der Waals surface area contributed by atoms with Gasteiger partial charge in [0.15, 0.2) is 0 Å². The minimum atomic E-state index is 0.0188. The number of hydrogen-bond donors (Lipinski definition) is 1. The van der Waals surface area contributed by atoms with Gasteiger partial charge < -0.3 is 10.1 Å². The van der Waals surface area contributed by atoms with E-state index >= 15 is 0 Å². The fourth-order valence-electron chi connectivity index (χ4n) is 2.63. The summed E-state index contributed by atoms with van der Waals surface area (Å²) in [6.45, 7) is 3.52. The van der Waals surface area contributed by atoms with Gasteiger partial charge in [-0.15, -0.1) is 0 Å². The number of aromatic nitrogens is 2. The second-order valence-electron chi connectivity index (χ2n) is 5.05. The molecular weight excluding hydrogens is 242 g/mol. The Morgan fingerprint density at radius 2 is 2.47 bits per heavy atom. The van der Waals surface area contributed by atoms with Crippen LogP contribution in [0.15, 0.2) is 12.3 Å². The molecule has 1 N–H and O–H groups in total. The molecule has 1 amide bonds. The molecule has 19 heavy (non-hydrogen) atoms. The van der Waals surface area contributed by atoms with Crippen molar-refractivity contribution in [2.75, 3.05) is 13.2 Å². The summed E-state index contributed by atoms with van der Waals surface area (Å²) in [5.74, 6) is 0.152. The molecule has 2 atom stereocenters. The van der Waals surface area contributed by atoms with E-state index in [-0.39, 0.29) is 17.9 Å². The first-order chi connectivity index (χ1) is 9.22. The molecule has 1 aliphatic rings. The van der Waals surface area contributed by atoms with E-state index in [2.05, 4.69) is 17.3 Å². The molecule has 1 aromatic heterocycles. The first-order valence-electron chi connectivity index (χ1n) is 7.08. The van der Waals surface area contributed by atoms with Crippen molar-refractivity contribution >= 4 is 5.91 Å². The van der Waals surface area contributed by atoms with Gasteiger partial charge in [-0.2, -0.15) is 5.10 Å². The average Bonchev–Trinajstić information content (AvgIpc) is 2.84. The van der Waals surface area contributed by atoms with Gasteiger partial charge in [-0.05, 0) is 25.3 Å². The number of nitrogens with zero attached hydrogens (tertiary/aromatic N) is 2. The van der Waals surface area contributed by atoms with E-state index in [1.54, 1.807) is 6.20 Å². The van der Waals surface area contributed by atoms with Gasteiger partial charge in [0.25, 0.3) is 0 Å². The molecule has 0 aromatic carbocycles. The van der Waals surface area contributed by atoms with Crippen LogP contribution in [-0.4, -0.2) is 34.9 Å². The van der Waals surface area contributed by atoms with Crippen molar-refractivity contribution in [3.8, 4) is 0 Å². The maximum atomic E-state index is 12.2. The third-order valence-electron chi connectivity index (χ3n) is 3.78. The Bertz CT molecular complexity index is 417. The summed E-state index contributed by atoms with van der Waals surface area (Å²) in [5.41, 5.74) is 1.13. The Labute approximate surface area is 114 Å². The molecule has 5 nitrogen and oxygen atoms in total. The van der Waals surface area contributed by atoms with Crippen LogP contribution in [0.1, 0.15) is 31.9 Å². The molecule has 2 unspecified atom stereocenters. The maximum Gasteiger partial charge on any atom is 0.225 e. The van der Waals surface area contributed by atoms with Crippen LogP contribution in [0.5, 0.6) is 0 Å². The van der Waals surface area contributed by atoms with Gasteiger partial charge in [0.1, 0.15) is 0 Å². The van der Waals surface area contributed by atoms with Crippen molar-refractivity contribution in [1.29, 1.82) is 0 Å². The first-order valence-corrected chi connectivity index (χ1v) is 7.08. The van der Waals surface area contributed by atoms with Crippen LogP contribution in [0.3, 0.4) is 0 Å². The van der Waals surface area contributed by atoms with E-state index in [1.807, 2.05) is 17.8 Å². The number of rotatable bonds is 5. The van der Waals surface area contributed by atoms with Crippen molar-refractivity contribution in [3.05, 3.63) is 18.0 Å². The van der Waals surface area contributed by atoms with E-state index in [0.717, 1.165) is 38.0 Å². The van der Waals surface area contributed by atoms with Crippen LogP contribution in [0.2, 0.25) is 0 Å². The topological polar surface area (TPSA) is 56.1 Å². The minimum absolute atomic E-state index is 0.0188. The van der Waals surface area contributed by atoms with E-state index in [4.69, 9.17) is 4.74 Å². The second-order valence-corrected chi connectivity index (χ2v) is 5.05. The van der Waals surface area contributed by atoms with Crippen LogP contribution in [-0.2, 0) is 23.0 Å². The molecule has 5 heteroatoms. The fraction of sp³-hybridized carbons (Fsp3) is 0.714. The largest absolute Gasteiger partial charge is 0.377 e. The zero-order valence-corrected chi connectivity index (χ0v) is 11.8. The third kappa shape index (κ3) is 3.56. The number of aryl methyl sites for hydroxylation is 1. The molecule has 0 bridgehead atoms. The van der Waals surface area contributed by atoms with Crippen molar-refractivity contribution in [2.24, 2.45) is 13.0 Å². The lowest BCUT2D eigenvalue weighted by atomic mass is 9.92. The molecule has 0 spiro atoms. The summed E-state index contributed by atoms with van der Waals surface area (Å²) < 4.78 is 7.50. The Balaban J connectivity index is 1.79. The molecule has 1 aliphatic heterocycles. The first kappa shape index (κ1) is 14.1. The van der Waals surface area contributed by atoms with Gasteiger partial charge in [0, 0.05) is 38.5 Å². The SMILES string of the molecule is CCC1OCCCC1C(=O)NCCc1ccnn1C. The molecular formula is C14H23N3O2. The smallest absolute Gasteiger partial charge is 0.225 e. The highest BCUT2D eigenvalue weighted by molar-refractivity contribution is 5.79. The molecule has 1 fully saturated rings. The monoisotopic (exact) mass is 265 g/mol. The second kappa shape index (κ2) is 6.70. The van der Waals surface area contributed by atoms with Gasteiger partial charge in [-0.3, -0.25) is 9.48 Å². The van der Waals surface area contributed by atoms with Crippen molar-refractivity contribution in [3.63, 3.8) is 0 Å². The lowest BCUT2D eigenvalue weighted by Gasteiger charge is -2.30. The summed E-state index contributed by atoms with van der Waals surface area (Å²) in [5, 5.41) is 7.14. The van der Waals surface area contributed by atoms with Crippen molar-refractivity contribution in [1.82, 2.24) is 15.1 Å². The number of carbonyl (C=O) groups is 1. The molecule has 0 aliphatic carbocycles. The van der Waals surface area contributed by atoms with E-state index < -0.39 is 0 Å². The van der Waals surface area contributed by atoms with Gasteiger partial charge in [-0.1, -0.05) is 6.92 Å². The maximum absolute atomic E-state index is 12.2. The minimum Gasteiger partial charge on any atom is -0.377 e. The number of carbonyl (C=O) groups excluding carboxylic acids is 1. The number of amides is 1. The van der Waals surface area contributed by atoms with E-state index in [0.29, 0.717) is 6.54 Å². The molecule has 1 saturated heterocycles. The zero-order valence-electron chi connectivity index (χ0n) is 11.8. The normalized spacial score (nSPS) is 23.3. The van der Waals surface area contributed by atoms with Gasteiger partial charge in [0.05, 0.1) is 12.0 Å². The number of ether oxygens (including phenoxy) is 1. The average molecular weight is 265 g/mol. The highest BCUT2D eigenvalue weighted by Gasteiger charge is 2.30. The molecule has 1 aromatic rings. The Kier molecular flexibility index (Phi) is 4.96. The summed E-state index contributed by atoms with van der Waals surface area (Å²) in [6.07, 6.45) is 5.50. The van der Waals surface area contributed by atoms with E-state index in [9.17, 15) is 4.79 Å². The molecule has 0 saturated carbocycles. The van der Waals surface area contributed by atoms with E-state index in [1.165, 1.54) is 0 Å². The van der Waals surface area contributed by atoms with Crippen LogP contribution in [0, 0.1) is 5.92 Å². The lowest BCUT2D eigenvalue weighted by Crippen LogP contribution is -2.42. The summed E-state index contributed by atoms with van der Waals surface area (Å²) in [7, 11) is 1.92. The third-order valence-corrected chi connectivity index (χ3v) is 3.78. The predicted octanol–water partition coefficient (Wildman–Crippen LogP) is 1.28. The van der Waals surface area contributed by atoms with Crippen molar-refractivity contribution < 1.29 is 9.53 Å². The molecule has 2 rings (SSSR count). The highest BCUT2D eigenvalue weighted by atomic mass is 16.5. The van der Waals surface area contributed by atoms with Gasteiger partial charge >= 0.3 is 0 Å². The van der Waals surface area contributed by atoms with Crippen molar-refractivity contribution in [2.45, 2.75) is 38.7 Å². The number of nitrogens with one attached hydrogen (secondary N) is 1. The van der Waals surface area contributed by atoms with Crippen LogP contribution < -0.4 is 5.32 Å².